The summed E-state index contributed by atoms with van der Waals surface area (Å²) in [6, 6.07) is 10.6. The van der Waals surface area contributed by atoms with Crippen molar-refractivity contribution in [3.63, 3.8) is 0 Å². The number of amides is 2. The third kappa shape index (κ3) is 6.03. The summed E-state index contributed by atoms with van der Waals surface area (Å²) in [6.07, 6.45) is 0. The molecule has 3 rings (SSSR count). The molecule has 2 unspecified atom stereocenters. The molecule has 2 amide bonds. The number of benzene rings is 2. The first-order chi connectivity index (χ1) is 14.7. The van der Waals surface area contributed by atoms with Gasteiger partial charge in [-0.25, -0.2) is 4.39 Å². The van der Waals surface area contributed by atoms with E-state index in [4.69, 9.17) is 11.6 Å². The first kappa shape index (κ1) is 23.2. The van der Waals surface area contributed by atoms with Crippen molar-refractivity contribution in [1.82, 2.24) is 9.80 Å². The van der Waals surface area contributed by atoms with Gasteiger partial charge in [-0.15, -0.1) is 0 Å². The maximum Gasteiger partial charge on any atom is 0.241 e. The number of nitrogens with one attached hydrogen (secondary N) is 2. The molecule has 1 heterocycles. The summed E-state index contributed by atoms with van der Waals surface area (Å²) in [6.45, 7) is 8.29. The van der Waals surface area contributed by atoms with Crippen molar-refractivity contribution in [1.29, 1.82) is 0 Å². The van der Waals surface area contributed by atoms with Crippen molar-refractivity contribution >= 4 is 34.8 Å². The smallest absolute Gasteiger partial charge is 0.241 e. The summed E-state index contributed by atoms with van der Waals surface area (Å²) in [4.78, 5) is 29.4. The third-order valence-corrected chi connectivity index (χ3v) is 5.99. The number of nitrogens with zero attached hydrogens (tertiary/aromatic N) is 2. The molecule has 166 valence electrons. The average molecular weight is 447 g/mol. The summed E-state index contributed by atoms with van der Waals surface area (Å²) in [5.74, 6) is -0.656. The number of aryl methyl sites for hydroxylation is 1. The van der Waals surface area contributed by atoms with Gasteiger partial charge < -0.3 is 10.6 Å². The van der Waals surface area contributed by atoms with Crippen LogP contribution >= 0.6 is 11.6 Å². The van der Waals surface area contributed by atoms with E-state index >= 15 is 0 Å². The van der Waals surface area contributed by atoms with Gasteiger partial charge in [0.05, 0.1) is 12.1 Å². The lowest BCUT2D eigenvalue weighted by Gasteiger charge is -2.39. The van der Waals surface area contributed by atoms with Crippen molar-refractivity contribution in [3.05, 3.63) is 58.9 Å². The number of anilines is 2. The highest BCUT2D eigenvalue weighted by atomic mass is 35.5. The lowest BCUT2D eigenvalue weighted by molar-refractivity contribution is -0.124. The predicted molar refractivity (Wildman–Crippen MR) is 122 cm³/mol. The van der Waals surface area contributed by atoms with Crippen LogP contribution in [-0.2, 0) is 9.59 Å². The highest BCUT2D eigenvalue weighted by Crippen LogP contribution is 2.21. The summed E-state index contributed by atoms with van der Waals surface area (Å²) in [5, 5.41) is 6.30. The molecule has 1 aliphatic heterocycles. The molecule has 31 heavy (non-hydrogen) atoms. The number of rotatable bonds is 6. The largest absolute Gasteiger partial charge is 0.325 e. The highest BCUT2D eigenvalue weighted by Gasteiger charge is 2.30. The van der Waals surface area contributed by atoms with E-state index in [0.29, 0.717) is 42.6 Å². The zero-order valence-electron chi connectivity index (χ0n) is 18.0. The Labute approximate surface area is 187 Å². The number of carbonyl (C=O) groups is 2. The van der Waals surface area contributed by atoms with Crippen molar-refractivity contribution < 1.29 is 14.0 Å². The van der Waals surface area contributed by atoms with Crippen LogP contribution in [0.3, 0.4) is 0 Å². The van der Waals surface area contributed by atoms with Gasteiger partial charge in [-0.1, -0.05) is 23.7 Å². The molecule has 2 atom stereocenters. The first-order valence-corrected chi connectivity index (χ1v) is 10.7. The lowest BCUT2D eigenvalue weighted by atomic mass is 10.1. The van der Waals surface area contributed by atoms with Crippen LogP contribution in [0.15, 0.2) is 42.5 Å². The fourth-order valence-corrected chi connectivity index (χ4v) is 3.79. The van der Waals surface area contributed by atoms with Crippen LogP contribution in [0.25, 0.3) is 0 Å². The molecule has 2 aromatic rings. The Bertz CT molecular complexity index is 947. The number of hydrogen-bond donors (Lipinski definition) is 2. The molecule has 0 radical (unpaired) electrons. The van der Waals surface area contributed by atoms with E-state index in [9.17, 15) is 14.0 Å². The zero-order valence-corrected chi connectivity index (χ0v) is 18.7. The molecule has 8 heteroatoms. The SMILES string of the molecule is Cc1ccc(Cl)cc1NC(=O)C(C)N1CCN(C(C)C(=O)Nc2cccc(F)c2)CC1. The monoisotopic (exact) mass is 446 g/mol. The number of halogens is 2. The van der Waals surface area contributed by atoms with Crippen LogP contribution in [0.2, 0.25) is 5.02 Å². The first-order valence-electron chi connectivity index (χ1n) is 10.4. The van der Waals surface area contributed by atoms with Crippen LogP contribution in [0, 0.1) is 12.7 Å². The Balaban J connectivity index is 1.51. The van der Waals surface area contributed by atoms with E-state index in [1.165, 1.54) is 12.1 Å². The fourth-order valence-electron chi connectivity index (χ4n) is 3.62. The van der Waals surface area contributed by atoms with Gasteiger partial charge in [0.2, 0.25) is 11.8 Å². The molecular formula is C23H28ClFN4O2. The third-order valence-electron chi connectivity index (χ3n) is 5.75. The van der Waals surface area contributed by atoms with Crippen molar-refractivity contribution in [2.24, 2.45) is 0 Å². The van der Waals surface area contributed by atoms with E-state index in [2.05, 4.69) is 20.4 Å². The van der Waals surface area contributed by atoms with Crippen LogP contribution in [0.1, 0.15) is 19.4 Å². The normalized spacial score (nSPS) is 17.1. The van der Waals surface area contributed by atoms with E-state index in [1.807, 2.05) is 26.8 Å². The molecule has 2 aromatic carbocycles. The van der Waals surface area contributed by atoms with Crippen molar-refractivity contribution in [3.8, 4) is 0 Å². The Morgan fingerprint density at radius 2 is 1.52 bits per heavy atom. The summed E-state index contributed by atoms with van der Waals surface area (Å²) < 4.78 is 13.3. The fraction of sp³-hybridized carbons (Fsp3) is 0.391. The zero-order chi connectivity index (χ0) is 22.5. The topological polar surface area (TPSA) is 64.7 Å². The summed E-state index contributed by atoms with van der Waals surface area (Å²) in [5.41, 5.74) is 2.11. The quantitative estimate of drug-likeness (QED) is 0.709. The summed E-state index contributed by atoms with van der Waals surface area (Å²) >= 11 is 6.04. The standard InChI is InChI=1S/C23H28ClFN4O2/c1-15-7-8-18(24)13-21(15)27-23(31)17(3)29-11-9-28(10-12-29)16(2)22(30)26-20-6-4-5-19(25)14-20/h4-8,13-14,16-17H,9-12H2,1-3H3,(H,26,30)(H,27,31). The Morgan fingerprint density at radius 3 is 2.10 bits per heavy atom. The predicted octanol–water partition coefficient (Wildman–Crippen LogP) is 3.76. The molecule has 0 spiro atoms. The molecule has 1 fully saturated rings. The maximum absolute atomic E-state index is 13.3. The minimum absolute atomic E-state index is 0.0873. The van der Waals surface area contributed by atoms with Crippen molar-refractivity contribution in [2.75, 3.05) is 36.8 Å². The Kier molecular flexibility index (Phi) is 7.64. The summed E-state index contributed by atoms with van der Waals surface area (Å²) in [7, 11) is 0. The molecule has 0 bridgehead atoms. The average Bonchev–Trinajstić information content (AvgIpc) is 2.75. The number of piperazine rings is 1. The molecule has 1 aliphatic rings. The molecule has 0 saturated carbocycles. The molecule has 1 saturated heterocycles. The van der Waals surface area contributed by atoms with E-state index in [1.54, 1.807) is 24.3 Å². The van der Waals surface area contributed by atoms with Gasteiger partial charge in [0, 0.05) is 42.6 Å². The second-order valence-corrected chi connectivity index (χ2v) is 8.31. The number of carbonyl (C=O) groups excluding carboxylic acids is 2. The molecule has 2 N–H and O–H groups in total. The second kappa shape index (κ2) is 10.2. The van der Waals surface area contributed by atoms with Crippen LogP contribution in [0.5, 0.6) is 0 Å². The van der Waals surface area contributed by atoms with E-state index in [-0.39, 0.29) is 29.7 Å². The van der Waals surface area contributed by atoms with Gasteiger partial charge in [-0.2, -0.15) is 0 Å². The lowest BCUT2D eigenvalue weighted by Crippen LogP contribution is -2.56. The van der Waals surface area contributed by atoms with Crippen LogP contribution in [0.4, 0.5) is 15.8 Å². The van der Waals surface area contributed by atoms with Gasteiger partial charge in [0.25, 0.3) is 0 Å². The molecule has 0 aromatic heterocycles. The molecule has 6 nitrogen and oxygen atoms in total. The van der Waals surface area contributed by atoms with Crippen LogP contribution < -0.4 is 10.6 Å². The number of hydrogen-bond acceptors (Lipinski definition) is 4. The molecular weight excluding hydrogens is 419 g/mol. The van der Waals surface area contributed by atoms with Crippen LogP contribution in [-0.4, -0.2) is 59.9 Å². The Morgan fingerprint density at radius 1 is 0.935 bits per heavy atom. The van der Waals surface area contributed by atoms with Gasteiger partial charge in [-0.3, -0.25) is 19.4 Å². The van der Waals surface area contributed by atoms with Gasteiger partial charge >= 0.3 is 0 Å². The Hall–Kier alpha value is -2.48. The van der Waals surface area contributed by atoms with Gasteiger partial charge in [0.1, 0.15) is 5.82 Å². The van der Waals surface area contributed by atoms with E-state index < -0.39 is 0 Å². The van der Waals surface area contributed by atoms with Gasteiger partial charge in [0.15, 0.2) is 0 Å². The van der Waals surface area contributed by atoms with E-state index in [0.717, 1.165) is 5.56 Å². The highest BCUT2D eigenvalue weighted by molar-refractivity contribution is 6.31. The minimum Gasteiger partial charge on any atom is -0.325 e. The minimum atomic E-state index is -0.390. The second-order valence-electron chi connectivity index (χ2n) is 7.87. The van der Waals surface area contributed by atoms with Gasteiger partial charge in [-0.05, 0) is 56.7 Å². The van der Waals surface area contributed by atoms with Crippen molar-refractivity contribution in [2.45, 2.75) is 32.9 Å². The maximum atomic E-state index is 13.3. The molecule has 0 aliphatic carbocycles.